The number of nitrogens with one attached hydrogen (secondary N) is 4. The van der Waals surface area contributed by atoms with E-state index < -0.39 is 36.1 Å². The molecule has 2 atom stereocenters. The zero-order valence-electron chi connectivity index (χ0n) is 25.6. The average Bonchev–Trinajstić information content (AvgIpc) is 3.58. The second-order valence-corrected chi connectivity index (χ2v) is 10.4. The molecule has 0 spiro atoms. The first-order valence-electron chi connectivity index (χ1n) is 14.8. The molecular formula is C33H35F3N6O6. The van der Waals surface area contributed by atoms with Crippen molar-refractivity contribution in [2.24, 2.45) is 0 Å². The van der Waals surface area contributed by atoms with Crippen LogP contribution >= 0.6 is 0 Å². The highest BCUT2D eigenvalue weighted by Gasteiger charge is 2.38. The number of amides is 2. The number of pyridine rings is 1. The normalized spacial score (nSPS) is 12.1. The third kappa shape index (κ3) is 12.9. The number of carboxylic acids is 2. The van der Waals surface area contributed by atoms with E-state index in [0.29, 0.717) is 24.2 Å². The van der Waals surface area contributed by atoms with Gasteiger partial charge in [0.1, 0.15) is 11.9 Å². The topological polar surface area (TPSA) is 186 Å². The van der Waals surface area contributed by atoms with Gasteiger partial charge >= 0.3 is 18.1 Å². The Hall–Kier alpha value is -5.73. The van der Waals surface area contributed by atoms with Gasteiger partial charge in [-0.25, -0.2) is 14.8 Å². The minimum Gasteiger partial charge on any atom is -0.481 e. The Labute approximate surface area is 273 Å². The van der Waals surface area contributed by atoms with Crippen molar-refractivity contribution in [1.29, 1.82) is 0 Å². The molecule has 254 valence electrons. The number of imidazole rings is 1. The minimum absolute atomic E-state index is 0.162. The molecule has 0 bridgehead atoms. The van der Waals surface area contributed by atoms with Gasteiger partial charge < -0.3 is 31.1 Å². The number of rotatable bonds is 15. The number of anilines is 1. The largest absolute Gasteiger partial charge is 0.490 e. The highest BCUT2D eigenvalue weighted by atomic mass is 19.4. The first-order chi connectivity index (χ1) is 22.9. The minimum atomic E-state index is -5.08. The van der Waals surface area contributed by atoms with E-state index >= 15 is 0 Å². The van der Waals surface area contributed by atoms with Crippen LogP contribution in [0.4, 0.5) is 19.0 Å². The highest BCUT2D eigenvalue weighted by Crippen LogP contribution is 2.24. The number of hydrogen-bond acceptors (Lipinski definition) is 7. The smallest absolute Gasteiger partial charge is 0.481 e. The van der Waals surface area contributed by atoms with Crippen LogP contribution in [0.5, 0.6) is 0 Å². The molecular weight excluding hydrogens is 633 g/mol. The number of halogens is 3. The number of carbonyl (C=O) groups is 4. The van der Waals surface area contributed by atoms with Crippen molar-refractivity contribution in [3.63, 3.8) is 0 Å². The van der Waals surface area contributed by atoms with Crippen molar-refractivity contribution in [3.8, 4) is 11.1 Å². The fourth-order valence-corrected chi connectivity index (χ4v) is 4.42. The summed E-state index contributed by atoms with van der Waals surface area (Å²) in [6.07, 6.45) is 1.26. The fraction of sp³-hybridized carbons (Fsp3) is 0.273. The molecule has 2 heterocycles. The van der Waals surface area contributed by atoms with Crippen LogP contribution in [0.1, 0.15) is 43.0 Å². The van der Waals surface area contributed by atoms with Gasteiger partial charge in [-0.15, -0.1) is 0 Å². The Morgan fingerprint density at radius 3 is 2.08 bits per heavy atom. The Kier molecular flexibility index (Phi) is 14.1. The van der Waals surface area contributed by atoms with E-state index in [1.54, 1.807) is 12.4 Å². The lowest BCUT2D eigenvalue weighted by Crippen LogP contribution is -2.49. The SMILES string of the molecule is O=C(O)C(F)(F)F.O=C(O)CC(NC(=O)[C@@H](Cc1c[nH]cn1)NC(=O)CCCCNc1ccccn1)c1ccc(-c2ccccc2)cc1. The maximum absolute atomic E-state index is 13.4. The standard InChI is InChI=1S/C31H34N6O4.C2HF3O2/c38-29(11-5-7-17-34-28-10-4-6-16-33-28)36-27(18-25-20-32-21-35-25)31(41)37-26(19-30(39)40)24-14-12-23(13-15-24)22-8-2-1-3-9-22;3-2(4,5)1(6)7/h1-4,6,8-10,12-16,20-21,26-27H,5,7,11,17-19H2,(H,32,35)(H,33,34)(H,36,38)(H,37,41)(H,39,40);(H,6,7)/t26?,27-;/m1./s1. The van der Waals surface area contributed by atoms with Gasteiger partial charge in [0.15, 0.2) is 0 Å². The Morgan fingerprint density at radius 2 is 1.50 bits per heavy atom. The van der Waals surface area contributed by atoms with E-state index in [-0.39, 0.29) is 25.2 Å². The summed E-state index contributed by atoms with van der Waals surface area (Å²) in [5.41, 5.74) is 3.28. The zero-order chi connectivity index (χ0) is 34.9. The number of carboxylic acid groups (broad SMARTS) is 2. The molecule has 4 aromatic rings. The summed E-state index contributed by atoms with van der Waals surface area (Å²) < 4.78 is 31.7. The van der Waals surface area contributed by atoms with Gasteiger partial charge in [0.25, 0.3) is 0 Å². The second-order valence-electron chi connectivity index (χ2n) is 10.4. The molecule has 48 heavy (non-hydrogen) atoms. The highest BCUT2D eigenvalue weighted by molar-refractivity contribution is 5.88. The van der Waals surface area contributed by atoms with Crippen LogP contribution in [0.2, 0.25) is 0 Å². The second kappa shape index (κ2) is 18.4. The summed E-state index contributed by atoms with van der Waals surface area (Å²) in [6, 6.07) is 21.2. The number of carbonyl (C=O) groups excluding carboxylic acids is 2. The molecule has 6 N–H and O–H groups in total. The average molecular weight is 669 g/mol. The van der Waals surface area contributed by atoms with Crippen LogP contribution in [0.25, 0.3) is 11.1 Å². The van der Waals surface area contributed by atoms with Gasteiger partial charge in [-0.05, 0) is 41.7 Å². The number of aromatic amines is 1. The first kappa shape index (κ1) is 36.7. The van der Waals surface area contributed by atoms with Crippen LogP contribution in [0, 0.1) is 0 Å². The van der Waals surface area contributed by atoms with E-state index in [9.17, 15) is 32.7 Å². The molecule has 2 amide bonds. The Bertz CT molecular complexity index is 1590. The molecule has 0 radical (unpaired) electrons. The van der Waals surface area contributed by atoms with Crippen LogP contribution < -0.4 is 16.0 Å². The molecule has 0 aliphatic carbocycles. The molecule has 2 aromatic carbocycles. The summed E-state index contributed by atoms with van der Waals surface area (Å²) in [7, 11) is 0. The van der Waals surface area contributed by atoms with Crippen LogP contribution in [-0.2, 0) is 25.6 Å². The predicted molar refractivity (Wildman–Crippen MR) is 170 cm³/mol. The molecule has 1 unspecified atom stereocenters. The molecule has 2 aromatic heterocycles. The third-order valence-corrected chi connectivity index (χ3v) is 6.78. The number of alkyl halides is 3. The van der Waals surface area contributed by atoms with Crippen molar-refractivity contribution in [3.05, 3.63) is 103 Å². The summed E-state index contributed by atoms with van der Waals surface area (Å²) in [4.78, 5) is 58.0. The monoisotopic (exact) mass is 668 g/mol. The zero-order valence-corrected chi connectivity index (χ0v) is 25.6. The molecule has 4 rings (SSSR count). The summed E-state index contributed by atoms with van der Waals surface area (Å²) in [6.45, 7) is 0.668. The van der Waals surface area contributed by atoms with E-state index in [1.165, 1.54) is 6.33 Å². The molecule has 0 fully saturated rings. The van der Waals surface area contributed by atoms with E-state index in [0.717, 1.165) is 23.4 Å². The van der Waals surface area contributed by atoms with Gasteiger partial charge in [-0.3, -0.25) is 14.4 Å². The van der Waals surface area contributed by atoms with Crippen LogP contribution in [0.3, 0.4) is 0 Å². The lowest BCUT2D eigenvalue weighted by Gasteiger charge is -2.23. The van der Waals surface area contributed by atoms with Crippen molar-refractivity contribution in [2.45, 2.75) is 50.4 Å². The number of hydrogen-bond donors (Lipinski definition) is 6. The van der Waals surface area contributed by atoms with Crippen molar-refractivity contribution in [2.75, 3.05) is 11.9 Å². The molecule has 15 heteroatoms. The van der Waals surface area contributed by atoms with Crippen molar-refractivity contribution < 1.29 is 42.6 Å². The maximum atomic E-state index is 13.4. The van der Waals surface area contributed by atoms with Gasteiger partial charge in [0.2, 0.25) is 11.8 Å². The summed E-state index contributed by atoms with van der Waals surface area (Å²) in [5, 5.41) is 25.5. The number of H-pyrrole nitrogens is 1. The Balaban J connectivity index is 0.000000804. The van der Waals surface area contributed by atoms with Crippen LogP contribution in [-0.4, -0.2) is 67.7 Å². The summed E-state index contributed by atoms with van der Waals surface area (Å²) >= 11 is 0. The molecule has 12 nitrogen and oxygen atoms in total. The van der Waals surface area contributed by atoms with E-state index in [1.807, 2.05) is 72.8 Å². The number of benzene rings is 2. The molecule has 0 aliphatic rings. The number of nitrogens with zero attached hydrogens (tertiary/aromatic N) is 2. The fourth-order valence-electron chi connectivity index (χ4n) is 4.42. The molecule has 0 saturated carbocycles. The molecule has 0 saturated heterocycles. The Morgan fingerprint density at radius 1 is 0.833 bits per heavy atom. The quantitative estimate of drug-likeness (QED) is 0.0973. The lowest BCUT2D eigenvalue weighted by molar-refractivity contribution is -0.192. The van der Waals surface area contributed by atoms with Crippen molar-refractivity contribution >= 4 is 29.6 Å². The van der Waals surface area contributed by atoms with Crippen molar-refractivity contribution in [1.82, 2.24) is 25.6 Å². The van der Waals surface area contributed by atoms with Gasteiger partial charge in [-0.1, -0.05) is 60.7 Å². The third-order valence-electron chi connectivity index (χ3n) is 6.78. The number of unbranched alkanes of at least 4 members (excludes halogenated alkanes) is 1. The summed E-state index contributed by atoms with van der Waals surface area (Å²) in [5.74, 6) is -3.77. The van der Waals surface area contributed by atoms with Gasteiger partial charge in [-0.2, -0.15) is 13.2 Å². The number of aromatic nitrogens is 3. The molecule has 0 aliphatic heterocycles. The van der Waals surface area contributed by atoms with Gasteiger partial charge in [0.05, 0.1) is 24.5 Å². The maximum Gasteiger partial charge on any atom is 0.490 e. The number of aliphatic carboxylic acids is 2. The van der Waals surface area contributed by atoms with E-state index in [4.69, 9.17) is 9.90 Å². The predicted octanol–water partition coefficient (Wildman–Crippen LogP) is 4.75. The van der Waals surface area contributed by atoms with Crippen LogP contribution in [0.15, 0.2) is 91.5 Å². The lowest BCUT2D eigenvalue weighted by atomic mass is 9.98. The first-order valence-corrected chi connectivity index (χ1v) is 14.8. The van der Waals surface area contributed by atoms with Gasteiger partial charge in [0, 0.05) is 31.8 Å². The van der Waals surface area contributed by atoms with E-state index in [2.05, 4.69) is 30.9 Å².